The predicted octanol–water partition coefficient (Wildman–Crippen LogP) is 5.86. The van der Waals surface area contributed by atoms with Gasteiger partial charge in [0, 0.05) is 18.0 Å². The molecule has 0 radical (unpaired) electrons. The van der Waals surface area contributed by atoms with Gasteiger partial charge in [-0.3, -0.25) is 0 Å². The molecule has 33 heavy (non-hydrogen) atoms. The average Bonchev–Trinajstić information content (AvgIpc) is 3.22. The zero-order valence-electron chi connectivity index (χ0n) is 17.4. The quantitative estimate of drug-likeness (QED) is 0.311. The Morgan fingerprint density at radius 1 is 1.12 bits per heavy atom. The van der Waals surface area contributed by atoms with Crippen LogP contribution in [0.5, 0.6) is 0 Å². The van der Waals surface area contributed by atoms with Crippen molar-refractivity contribution in [3.05, 3.63) is 83.0 Å². The van der Waals surface area contributed by atoms with Crippen LogP contribution in [-0.2, 0) is 11.3 Å². The Hall–Kier alpha value is -3.43. The smallest absolute Gasteiger partial charge is 0.339 e. The molecule has 0 aliphatic heterocycles. The maximum Gasteiger partial charge on any atom is 0.339 e. The molecule has 168 valence electrons. The topological polar surface area (TPSA) is 90.1 Å². The second kappa shape index (κ2) is 10.5. The lowest BCUT2D eigenvalue weighted by atomic mass is 10.2. The molecule has 0 atom stereocenters. The number of carbonyl (C=O) groups is 1. The van der Waals surface area contributed by atoms with Crippen LogP contribution in [0.4, 0.5) is 10.2 Å². The second-order valence-electron chi connectivity index (χ2n) is 6.68. The largest absolute Gasteiger partial charge is 0.462 e. The summed E-state index contributed by atoms with van der Waals surface area (Å²) in [5, 5.41) is 4.91. The second-order valence-corrected chi connectivity index (χ2v) is 8.11. The van der Waals surface area contributed by atoms with E-state index in [1.807, 2.05) is 0 Å². The Kier molecular flexibility index (Phi) is 7.21. The van der Waals surface area contributed by atoms with Crippen LogP contribution < -0.4 is 5.32 Å². The first-order valence-corrected chi connectivity index (χ1v) is 11.1. The van der Waals surface area contributed by atoms with Gasteiger partial charge in [0.1, 0.15) is 22.4 Å². The van der Waals surface area contributed by atoms with Crippen molar-refractivity contribution in [1.82, 2.24) is 15.0 Å². The Morgan fingerprint density at radius 2 is 1.94 bits per heavy atom. The molecular formula is C23H18ClFN4O3S. The molecule has 3 heterocycles. The molecule has 0 fully saturated rings. The fourth-order valence-corrected chi connectivity index (χ4v) is 3.67. The van der Waals surface area contributed by atoms with Crippen LogP contribution in [0.15, 0.2) is 75.5 Å². The third-order valence-electron chi connectivity index (χ3n) is 4.36. The van der Waals surface area contributed by atoms with Crippen LogP contribution in [0.1, 0.15) is 23.0 Å². The predicted molar refractivity (Wildman–Crippen MR) is 123 cm³/mol. The van der Waals surface area contributed by atoms with Crippen LogP contribution in [0.2, 0.25) is 5.02 Å². The lowest BCUT2D eigenvalue weighted by molar-refractivity contribution is 0.0526. The van der Waals surface area contributed by atoms with Gasteiger partial charge in [-0.1, -0.05) is 11.6 Å². The van der Waals surface area contributed by atoms with E-state index in [0.29, 0.717) is 56.8 Å². The third kappa shape index (κ3) is 5.88. The highest BCUT2D eigenvalue weighted by atomic mass is 35.5. The molecule has 0 spiro atoms. The molecule has 3 aromatic heterocycles. The molecule has 4 aromatic rings. The van der Waals surface area contributed by atoms with Crippen LogP contribution in [-0.4, -0.2) is 27.5 Å². The summed E-state index contributed by atoms with van der Waals surface area (Å²) >= 11 is 7.22. The van der Waals surface area contributed by atoms with E-state index in [0.717, 1.165) is 0 Å². The molecule has 0 amide bonds. The van der Waals surface area contributed by atoms with Crippen molar-refractivity contribution < 1.29 is 18.3 Å². The van der Waals surface area contributed by atoms with Gasteiger partial charge in [-0.05, 0) is 67.2 Å². The number of hydrogen-bond acceptors (Lipinski definition) is 8. The van der Waals surface area contributed by atoms with Gasteiger partial charge in [-0.25, -0.2) is 24.1 Å². The molecule has 10 heteroatoms. The highest BCUT2D eigenvalue weighted by molar-refractivity contribution is 7.99. The van der Waals surface area contributed by atoms with E-state index in [-0.39, 0.29) is 5.82 Å². The normalized spacial score (nSPS) is 10.8. The number of pyridine rings is 2. The lowest BCUT2D eigenvalue weighted by Crippen LogP contribution is -2.07. The third-order valence-corrected chi connectivity index (χ3v) is 5.54. The molecule has 4 rings (SSSR count). The number of anilines is 1. The molecule has 0 bridgehead atoms. The highest BCUT2D eigenvalue weighted by Gasteiger charge is 2.17. The minimum absolute atomic E-state index is 0.296. The standard InChI is InChI=1S/C23H18ClFN4O3S/c1-2-31-22(30)15-5-9-19(26-11-15)27-13-18-23(33-20-10-6-16(24)12-28-20)32-21(29-18)14-3-7-17(25)8-4-14/h3-12H,2,13H2,1H3,(H,26,27). The molecule has 0 aliphatic rings. The van der Waals surface area contributed by atoms with E-state index < -0.39 is 5.97 Å². The summed E-state index contributed by atoms with van der Waals surface area (Å²) in [5.74, 6) is 0.138. The Bertz CT molecular complexity index is 1230. The number of nitrogens with one attached hydrogen (secondary N) is 1. The van der Waals surface area contributed by atoms with Gasteiger partial charge in [-0.15, -0.1) is 0 Å². The van der Waals surface area contributed by atoms with E-state index in [2.05, 4.69) is 20.3 Å². The molecule has 7 nitrogen and oxygen atoms in total. The van der Waals surface area contributed by atoms with Crippen molar-refractivity contribution in [3.8, 4) is 11.5 Å². The Morgan fingerprint density at radius 3 is 2.61 bits per heavy atom. The minimum atomic E-state index is -0.425. The summed E-state index contributed by atoms with van der Waals surface area (Å²) in [6.45, 7) is 2.34. The van der Waals surface area contributed by atoms with Crippen LogP contribution in [0, 0.1) is 5.82 Å². The van der Waals surface area contributed by atoms with Crippen molar-refractivity contribution in [2.24, 2.45) is 0 Å². The van der Waals surface area contributed by atoms with E-state index in [9.17, 15) is 9.18 Å². The number of halogens is 2. The molecule has 0 saturated heterocycles. The van der Waals surface area contributed by atoms with Gasteiger partial charge in [0.15, 0.2) is 5.09 Å². The summed E-state index contributed by atoms with van der Waals surface area (Å²) in [5.41, 5.74) is 1.63. The van der Waals surface area contributed by atoms with Gasteiger partial charge in [0.2, 0.25) is 5.89 Å². The van der Waals surface area contributed by atoms with Crippen molar-refractivity contribution in [2.45, 2.75) is 23.6 Å². The molecule has 1 aromatic carbocycles. The molecule has 0 unspecified atom stereocenters. The number of esters is 1. The highest BCUT2D eigenvalue weighted by Crippen LogP contribution is 2.34. The fraction of sp³-hybridized carbons (Fsp3) is 0.130. The molecule has 0 aliphatic carbocycles. The first-order chi connectivity index (χ1) is 16.0. The van der Waals surface area contributed by atoms with Crippen LogP contribution in [0.25, 0.3) is 11.5 Å². The van der Waals surface area contributed by atoms with Crippen LogP contribution in [0.3, 0.4) is 0 Å². The zero-order valence-corrected chi connectivity index (χ0v) is 19.0. The van der Waals surface area contributed by atoms with Crippen molar-refractivity contribution in [1.29, 1.82) is 0 Å². The minimum Gasteiger partial charge on any atom is -0.462 e. The first kappa shape index (κ1) is 22.8. The van der Waals surface area contributed by atoms with Crippen molar-refractivity contribution in [2.75, 3.05) is 11.9 Å². The lowest BCUT2D eigenvalue weighted by Gasteiger charge is -2.06. The maximum absolute atomic E-state index is 13.3. The first-order valence-electron chi connectivity index (χ1n) is 9.94. The zero-order chi connectivity index (χ0) is 23.2. The van der Waals surface area contributed by atoms with E-state index in [1.54, 1.807) is 49.5 Å². The van der Waals surface area contributed by atoms with E-state index >= 15 is 0 Å². The summed E-state index contributed by atoms with van der Waals surface area (Å²) in [4.78, 5) is 24.9. The maximum atomic E-state index is 13.3. The number of carbonyl (C=O) groups excluding carboxylic acids is 1. The number of hydrogen-bond donors (Lipinski definition) is 1. The fourth-order valence-electron chi connectivity index (χ4n) is 2.77. The average molecular weight is 485 g/mol. The number of nitrogens with zero attached hydrogens (tertiary/aromatic N) is 3. The Balaban J connectivity index is 1.55. The molecule has 1 N–H and O–H groups in total. The number of ether oxygens (including phenoxy) is 1. The SMILES string of the molecule is CCOC(=O)c1ccc(NCc2nc(-c3ccc(F)cc3)oc2Sc2ccc(Cl)cn2)nc1. The van der Waals surface area contributed by atoms with Crippen molar-refractivity contribution >= 4 is 35.1 Å². The van der Waals surface area contributed by atoms with Crippen LogP contribution >= 0.6 is 23.4 Å². The Labute approximate surface area is 198 Å². The van der Waals surface area contributed by atoms with Crippen molar-refractivity contribution in [3.63, 3.8) is 0 Å². The number of benzene rings is 1. The molecule has 0 saturated carbocycles. The van der Waals surface area contributed by atoms with Gasteiger partial charge in [0.25, 0.3) is 0 Å². The van der Waals surface area contributed by atoms with E-state index in [1.165, 1.54) is 30.1 Å². The number of oxazole rings is 1. The van der Waals surface area contributed by atoms with E-state index in [4.69, 9.17) is 20.8 Å². The monoisotopic (exact) mass is 484 g/mol. The van der Waals surface area contributed by atoms with Gasteiger partial charge in [0.05, 0.1) is 23.7 Å². The van der Waals surface area contributed by atoms with Gasteiger partial charge >= 0.3 is 5.97 Å². The van der Waals surface area contributed by atoms with Gasteiger partial charge < -0.3 is 14.5 Å². The summed E-state index contributed by atoms with van der Waals surface area (Å²) < 4.78 is 24.3. The number of aromatic nitrogens is 3. The molecular weight excluding hydrogens is 467 g/mol. The summed E-state index contributed by atoms with van der Waals surface area (Å²) in [6.07, 6.45) is 2.99. The van der Waals surface area contributed by atoms with Gasteiger partial charge in [-0.2, -0.15) is 0 Å². The summed E-state index contributed by atoms with van der Waals surface area (Å²) in [7, 11) is 0. The number of rotatable bonds is 8. The summed E-state index contributed by atoms with van der Waals surface area (Å²) in [6, 6.07) is 12.7.